The molecular formula is C19H25F3N2O3. The Kier molecular flexibility index (Phi) is 7.67. The van der Waals surface area contributed by atoms with Crippen LogP contribution < -0.4 is 10.5 Å². The Balaban J connectivity index is 2.11. The Hall–Kier alpha value is -2.06. The zero-order valence-corrected chi connectivity index (χ0v) is 15.1. The lowest BCUT2D eigenvalue weighted by atomic mass is 10.0. The van der Waals surface area contributed by atoms with Crippen LogP contribution in [0.3, 0.4) is 0 Å². The van der Waals surface area contributed by atoms with Crippen molar-refractivity contribution in [1.82, 2.24) is 4.90 Å². The fraction of sp³-hybridized carbons (Fsp3) is 0.526. The van der Waals surface area contributed by atoms with Gasteiger partial charge < -0.3 is 20.1 Å². The Labute approximate surface area is 156 Å². The first-order chi connectivity index (χ1) is 12.9. The van der Waals surface area contributed by atoms with Crippen LogP contribution in [0.5, 0.6) is 5.75 Å². The molecule has 0 aliphatic carbocycles. The number of halogens is 3. The monoisotopic (exact) mass is 386 g/mol. The molecule has 1 fully saturated rings. The second kappa shape index (κ2) is 9.75. The third kappa shape index (κ3) is 5.97. The first-order valence-electron chi connectivity index (χ1n) is 8.92. The van der Waals surface area contributed by atoms with Crippen molar-refractivity contribution in [2.75, 3.05) is 32.8 Å². The number of hydrogen-bond donors (Lipinski definition) is 1. The maximum atomic E-state index is 13.0. The van der Waals surface area contributed by atoms with Crippen LogP contribution in [-0.2, 0) is 10.9 Å². The van der Waals surface area contributed by atoms with Gasteiger partial charge in [0.25, 0.3) is 5.91 Å². The SMILES string of the molecule is C=CCOc1ccc(C(F)(F)F)cc1C(=O)N1CCC(OCCCN)CC1. The van der Waals surface area contributed by atoms with Gasteiger partial charge in [0.05, 0.1) is 17.2 Å². The number of carbonyl (C=O) groups is 1. The fourth-order valence-electron chi connectivity index (χ4n) is 2.88. The van der Waals surface area contributed by atoms with Gasteiger partial charge in [-0.05, 0) is 44.0 Å². The molecule has 5 nitrogen and oxygen atoms in total. The van der Waals surface area contributed by atoms with Gasteiger partial charge in [0.2, 0.25) is 0 Å². The first-order valence-corrected chi connectivity index (χ1v) is 8.92. The van der Waals surface area contributed by atoms with E-state index < -0.39 is 17.6 Å². The number of nitrogens with two attached hydrogens (primary N) is 1. The largest absolute Gasteiger partial charge is 0.489 e. The molecule has 0 saturated carbocycles. The number of alkyl halides is 3. The average Bonchev–Trinajstić information content (AvgIpc) is 2.65. The molecule has 8 heteroatoms. The number of amides is 1. The second-order valence-electron chi connectivity index (χ2n) is 6.31. The van der Waals surface area contributed by atoms with E-state index in [1.807, 2.05) is 0 Å². The summed E-state index contributed by atoms with van der Waals surface area (Å²) in [5.74, 6) is -0.352. The predicted octanol–water partition coefficient (Wildman–Crippen LogP) is 3.24. The van der Waals surface area contributed by atoms with Crippen LogP contribution in [-0.4, -0.2) is 49.8 Å². The van der Waals surface area contributed by atoms with Gasteiger partial charge in [-0.2, -0.15) is 13.2 Å². The maximum Gasteiger partial charge on any atom is 0.416 e. The molecule has 1 aliphatic heterocycles. The van der Waals surface area contributed by atoms with Gasteiger partial charge in [-0.15, -0.1) is 0 Å². The van der Waals surface area contributed by atoms with E-state index in [0.29, 0.717) is 39.1 Å². The lowest BCUT2D eigenvalue weighted by Gasteiger charge is -2.32. The van der Waals surface area contributed by atoms with Gasteiger partial charge in [-0.25, -0.2) is 0 Å². The molecule has 1 aliphatic rings. The molecule has 0 unspecified atom stereocenters. The molecule has 0 radical (unpaired) electrons. The molecule has 2 N–H and O–H groups in total. The molecule has 1 aromatic rings. The minimum Gasteiger partial charge on any atom is -0.489 e. The zero-order valence-electron chi connectivity index (χ0n) is 15.1. The Morgan fingerprint density at radius 1 is 1.33 bits per heavy atom. The number of nitrogens with zero attached hydrogens (tertiary/aromatic N) is 1. The van der Waals surface area contributed by atoms with Crippen LogP contribution in [0.1, 0.15) is 35.2 Å². The normalized spacial score (nSPS) is 15.6. The highest BCUT2D eigenvalue weighted by Crippen LogP contribution is 2.33. The van der Waals surface area contributed by atoms with Gasteiger partial charge >= 0.3 is 6.18 Å². The van der Waals surface area contributed by atoms with Crippen molar-refractivity contribution in [3.05, 3.63) is 42.0 Å². The van der Waals surface area contributed by atoms with Crippen molar-refractivity contribution in [1.29, 1.82) is 0 Å². The molecule has 27 heavy (non-hydrogen) atoms. The van der Waals surface area contributed by atoms with Crippen molar-refractivity contribution < 1.29 is 27.4 Å². The molecule has 1 saturated heterocycles. The van der Waals surface area contributed by atoms with Gasteiger partial charge in [0.15, 0.2) is 0 Å². The molecule has 1 aromatic carbocycles. The van der Waals surface area contributed by atoms with Crippen molar-refractivity contribution >= 4 is 5.91 Å². The number of rotatable bonds is 8. The van der Waals surface area contributed by atoms with E-state index in [0.717, 1.165) is 18.6 Å². The topological polar surface area (TPSA) is 64.8 Å². The molecule has 150 valence electrons. The minimum absolute atomic E-state index is 0.0404. The first kappa shape index (κ1) is 21.2. The van der Waals surface area contributed by atoms with Crippen LogP contribution in [0.25, 0.3) is 0 Å². The highest BCUT2D eigenvalue weighted by Gasteiger charge is 2.33. The lowest BCUT2D eigenvalue weighted by molar-refractivity contribution is -0.137. The Bertz CT molecular complexity index is 642. The Morgan fingerprint density at radius 3 is 2.63 bits per heavy atom. The molecule has 1 amide bonds. The van der Waals surface area contributed by atoms with Gasteiger partial charge in [-0.1, -0.05) is 12.7 Å². The molecular weight excluding hydrogens is 361 g/mol. The third-order valence-corrected chi connectivity index (χ3v) is 4.33. The number of hydrogen-bond acceptors (Lipinski definition) is 4. The third-order valence-electron chi connectivity index (χ3n) is 4.33. The number of carbonyl (C=O) groups excluding carboxylic acids is 1. The van der Waals surface area contributed by atoms with E-state index in [-0.39, 0.29) is 24.0 Å². The molecule has 0 atom stereocenters. The van der Waals surface area contributed by atoms with Crippen molar-refractivity contribution in [3.63, 3.8) is 0 Å². The molecule has 0 spiro atoms. The van der Waals surface area contributed by atoms with E-state index in [9.17, 15) is 18.0 Å². The summed E-state index contributed by atoms with van der Waals surface area (Å²) in [4.78, 5) is 14.4. The molecule has 2 rings (SSSR count). The smallest absolute Gasteiger partial charge is 0.416 e. The maximum absolute atomic E-state index is 13.0. The summed E-state index contributed by atoms with van der Waals surface area (Å²) in [7, 11) is 0. The van der Waals surface area contributed by atoms with Crippen molar-refractivity contribution in [2.24, 2.45) is 5.73 Å². The van der Waals surface area contributed by atoms with E-state index in [1.165, 1.54) is 12.1 Å². The standard InChI is InChI=1S/C19H25F3N2O3/c1-2-11-27-17-5-4-14(19(20,21)22)13-16(17)18(25)24-9-6-15(7-10-24)26-12-3-8-23/h2,4-5,13,15H,1,3,6-12,23H2. The summed E-state index contributed by atoms with van der Waals surface area (Å²) in [5.41, 5.74) is 4.46. The summed E-state index contributed by atoms with van der Waals surface area (Å²) >= 11 is 0. The fourth-order valence-corrected chi connectivity index (χ4v) is 2.88. The van der Waals surface area contributed by atoms with Crippen molar-refractivity contribution in [3.8, 4) is 5.75 Å². The van der Waals surface area contributed by atoms with Crippen LogP contribution >= 0.6 is 0 Å². The quantitative estimate of drug-likeness (QED) is 0.550. The highest BCUT2D eigenvalue weighted by atomic mass is 19.4. The molecule has 0 aromatic heterocycles. The van der Waals surface area contributed by atoms with Crippen LogP contribution in [0, 0.1) is 0 Å². The van der Waals surface area contributed by atoms with Crippen LogP contribution in [0.4, 0.5) is 13.2 Å². The van der Waals surface area contributed by atoms with E-state index >= 15 is 0 Å². The predicted molar refractivity (Wildman–Crippen MR) is 95.7 cm³/mol. The summed E-state index contributed by atoms with van der Waals surface area (Å²) < 4.78 is 50.2. The van der Waals surface area contributed by atoms with Gasteiger partial charge in [0.1, 0.15) is 12.4 Å². The summed E-state index contributed by atoms with van der Waals surface area (Å²) in [6.07, 6.45) is -0.978. The zero-order chi connectivity index (χ0) is 19.9. The minimum atomic E-state index is -4.53. The molecule has 1 heterocycles. The van der Waals surface area contributed by atoms with Crippen molar-refractivity contribution in [2.45, 2.75) is 31.5 Å². The second-order valence-corrected chi connectivity index (χ2v) is 6.31. The molecule has 0 bridgehead atoms. The Morgan fingerprint density at radius 2 is 2.04 bits per heavy atom. The van der Waals surface area contributed by atoms with Crippen LogP contribution in [0.15, 0.2) is 30.9 Å². The van der Waals surface area contributed by atoms with E-state index in [4.69, 9.17) is 15.2 Å². The van der Waals surface area contributed by atoms with Gasteiger partial charge in [-0.3, -0.25) is 4.79 Å². The van der Waals surface area contributed by atoms with Gasteiger partial charge in [0, 0.05) is 19.7 Å². The number of likely N-dealkylation sites (tertiary alicyclic amines) is 1. The number of ether oxygens (including phenoxy) is 2. The lowest BCUT2D eigenvalue weighted by Crippen LogP contribution is -2.41. The van der Waals surface area contributed by atoms with E-state index in [2.05, 4.69) is 6.58 Å². The highest BCUT2D eigenvalue weighted by molar-refractivity contribution is 5.97. The summed E-state index contributed by atoms with van der Waals surface area (Å²) in [6.45, 7) is 5.58. The summed E-state index contributed by atoms with van der Waals surface area (Å²) in [5, 5.41) is 0. The number of piperidine rings is 1. The van der Waals surface area contributed by atoms with Crippen LogP contribution in [0.2, 0.25) is 0 Å². The van der Waals surface area contributed by atoms with E-state index in [1.54, 1.807) is 4.90 Å². The summed E-state index contributed by atoms with van der Waals surface area (Å²) in [6, 6.07) is 2.94. The number of benzene rings is 1. The average molecular weight is 386 g/mol.